The van der Waals surface area contributed by atoms with Crippen molar-refractivity contribution in [3.05, 3.63) is 0 Å². The third-order valence-corrected chi connectivity index (χ3v) is 2.42. The van der Waals surface area contributed by atoms with E-state index in [1.165, 1.54) is 0 Å². The number of rotatable bonds is 8. The second kappa shape index (κ2) is 10.1. The molecule has 0 aliphatic rings. The van der Waals surface area contributed by atoms with Crippen LogP contribution in [0.4, 0.5) is 0 Å². The van der Waals surface area contributed by atoms with E-state index in [1.807, 2.05) is 0 Å². The van der Waals surface area contributed by atoms with E-state index in [2.05, 4.69) is 29.5 Å². The summed E-state index contributed by atoms with van der Waals surface area (Å²) in [7, 11) is 3.80. The van der Waals surface area contributed by atoms with Gasteiger partial charge in [0.2, 0.25) is 0 Å². The molecule has 0 aromatic heterocycles. The number of hydrogen-bond acceptors (Lipinski definition) is 3. The highest BCUT2D eigenvalue weighted by atomic mass is 32.1. The third-order valence-electron chi connectivity index (χ3n) is 2.13. The molecule has 90 valence electrons. The number of likely N-dealkylation sites (N-methyl/N-ethyl adjacent to an activating group) is 1. The van der Waals surface area contributed by atoms with Gasteiger partial charge in [-0.2, -0.15) is 0 Å². The van der Waals surface area contributed by atoms with E-state index in [0.29, 0.717) is 0 Å². The van der Waals surface area contributed by atoms with Crippen LogP contribution >= 0.6 is 12.2 Å². The van der Waals surface area contributed by atoms with Gasteiger partial charge >= 0.3 is 0 Å². The summed E-state index contributed by atoms with van der Waals surface area (Å²) in [6.45, 7) is 6.74. The van der Waals surface area contributed by atoms with Crippen LogP contribution < -0.4 is 10.6 Å². The maximum atomic E-state index is 5.11. The Morgan fingerprint density at radius 2 is 2.00 bits per heavy atom. The number of nitrogens with zero attached hydrogens (tertiary/aromatic N) is 1. The summed E-state index contributed by atoms with van der Waals surface area (Å²) in [5.41, 5.74) is 0. The lowest BCUT2D eigenvalue weighted by molar-refractivity contribution is 0.195. The quantitative estimate of drug-likeness (QED) is 0.470. The number of hydrogen-bond donors (Lipinski definition) is 2. The van der Waals surface area contributed by atoms with E-state index < -0.39 is 0 Å². The molecule has 0 aliphatic heterocycles. The predicted molar refractivity (Wildman–Crippen MR) is 68.3 cm³/mol. The molecular weight excluding hydrogens is 210 g/mol. The number of thiocarbonyl (C=S) groups is 1. The summed E-state index contributed by atoms with van der Waals surface area (Å²) in [4.78, 5) is 2.24. The Hall–Kier alpha value is -0.390. The highest BCUT2D eigenvalue weighted by molar-refractivity contribution is 7.80. The van der Waals surface area contributed by atoms with Gasteiger partial charge in [0.1, 0.15) is 0 Å². The molecule has 5 heteroatoms. The van der Waals surface area contributed by atoms with E-state index in [0.717, 1.165) is 44.3 Å². The van der Waals surface area contributed by atoms with Crippen molar-refractivity contribution in [2.24, 2.45) is 0 Å². The molecule has 0 fully saturated rings. The Kier molecular flexibility index (Phi) is 9.88. The fourth-order valence-electron chi connectivity index (χ4n) is 0.999. The maximum Gasteiger partial charge on any atom is 0.166 e. The van der Waals surface area contributed by atoms with Crippen molar-refractivity contribution in [2.75, 3.05) is 46.9 Å². The molecule has 0 saturated carbocycles. The molecular formula is C10H23N3OS. The van der Waals surface area contributed by atoms with Gasteiger partial charge in [-0.3, -0.25) is 0 Å². The Bertz CT molecular complexity index is 167. The lowest BCUT2D eigenvalue weighted by Gasteiger charge is -2.15. The average molecular weight is 233 g/mol. The fraction of sp³-hybridized carbons (Fsp3) is 0.900. The van der Waals surface area contributed by atoms with Gasteiger partial charge in [-0.05, 0) is 32.2 Å². The normalized spacial score (nSPS) is 10.4. The van der Waals surface area contributed by atoms with Crippen molar-refractivity contribution in [3.63, 3.8) is 0 Å². The lowest BCUT2D eigenvalue weighted by atomic mass is 10.4. The van der Waals surface area contributed by atoms with Gasteiger partial charge in [-0.1, -0.05) is 6.92 Å². The van der Waals surface area contributed by atoms with Gasteiger partial charge in [0.15, 0.2) is 5.11 Å². The van der Waals surface area contributed by atoms with Crippen LogP contribution in [0.5, 0.6) is 0 Å². The lowest BCUT2D eigenvalue weighted by Crippen LogP contribution is -2.39. The van der Waals surface area contributed by atoms with E-state index >= 15 is 0 Å². The Morgan fingerprint density at radius 1 is 1.33 bits per heavy atom. The molecule has 0 bridgehead atoms. The molecule has 0 aliphatic carbocycles. The minimum absolute atomic E-state index is 0.732. The van der Waals surface area contributed by atoms with Crippen molar-refractivity contribution in [3.8, 4) is 0 Å². The summed E-state index contributed by atoms with van der Waals surface area (Å²) >= 11 is 5.11. The topological polar surface area (TPSA) is 36.5 Å². The molecule has 0 heterocycles. The zero-order valence-electron chi connectivity index (χ0n) is 10.0. The minimum atomic E-state index is 0.732. The molecule has 0 atom stereocenters. The molecule has 4 nitrogen and oxygen atoms in total. The van der Waals surface area contributed by atoms with Gasteiger partial charge in [-0.15, -0.1) is 0 Å². The summed E-state index contributed by atoms with van der Waals surface area (Å²) < 4.78 is 4.94. The summed E-state index contributed by atoms with van der Waals surface area (Å²) in [5, 5.41) is 7.03. The molecule has 0 saturated heterocycles. The van der Waals surface area contributed by atoms with E-state index in [1.54, 1.807) is 7.11 Å². The van der Waals surface area contributed by atoms with Crippen molar-refractivity contribution in [1.29, 1.82) is 0 Å². The van der Waals surface area contributed by atoms with Gasteiger partial charge < -0.3 is 20.3 Å². The average Bonchev–Trinajstić information content (AvgIpc) is 2.24. The van der Waals surface area contributed by atoms with Crippen molar-refractivity contribution in [2.45, 2.75) is 13.3 Å². The molecule has 2 N–H and O–H groups in total. The first-order valence-electron chi connectivity index (χ1n) is 5.39. The maximum absolute atomic E-state index is 5.11. The molecule has 0 spiro atoms. The van der Waals surface area contributed by atoms with Gasteiger partial charge in [0.05, 0.1) is 0 Å². The first-order valence-corrected chi connectivity index (χ1v) is 5.80. The largest absolute Gasteiger partial charge is 0.385 e. The zero-order valence-corrected chi connectivity index (χ0v) is 10.8. The molecule has 0 aromatic carbocycles. The van der Waals surface area contributed by atoms with E-state index in [9.17, 15) is 0 Å². The van der Waals surface area contributed by atoms with Gasteiger partial charge in [0.25, 0.3) is 0 Å². The van der Waals surface area contributed by atoms with Gasteiger partial charge in [-0.25, -0.2) is 0 Å². The monoisotopic (exact) mass is 233 g/mol. The van der Waals surface area contributed by atoms with Crippen LogP contribution in [0.15, 0.2) is 0 Å². The minimum Gasteiger partial charge on any atom is -0.385 e. The summed E-state index contributed by atoms with van der Waals surface area (Å²) in [6.07, 6.45) is 0.979. The smallest absolute Gasteiger partial charge is 0.166 e. The summed E-state index contributed by atoms with van der Waals surface area (Å²) in [5.74, 6) is 0. The number of nitrogens with one attached hydrogen (secondary N) is 2. The molecule has 15 heavy (non-hydrogen) atoms. The Labute approximate surface area is 98.4 Å². The van der Waals surface area contributed by atoms with E-state index in [4.69, 9.17) is 17.0 Å². The van der Waals surface area contributed by atoms with Crippen LogP contribution in [0.3, 0.4) is 0 Å². The van der Waals surface area contributed by atoms with E-state index in [-0.39, 0.29) is 0 Å². The fourth-order valence-corrected chi connectivity index (χ4v) is 1.20. The first kappa shape index (κ1) is 14.6. The van der Waals surface area contributed by atoms with Crippen LogP contribution in [-0.4, -0.2) is 57.0 Å². The molecule has 0 unspecified atom stereocenters. The molecule has 0 aromatic rings. The predicted octanol–water partition coefficient (Wildman–Crippen LogP) is 0.439. The van der Waals surface area contributed by atoms with Crippen LogP contribution in [0.25, 0.3) is 0 Å². The second-order valence-corrected chi connectivity index (χ2v) is 3.83. The Morgan fingerprint density at radius 3 is 2.60 bits per heavy atom. The second-order valence-electron chi connectivity index (χ2n) is 3.42. The highest BCUT2D eigenvalue weighted by Gasteiger charge is 1.96. The highest BCUT2D eigenvalue weighted by Crippen LogP contribution is 1.79. The number of ether oxygens (including phenoxy) is 1. The Balaban J connectivity index is 3.26. The molecule has 0 amide bonds. The zero-order chi connectivity index (χ0) is 11.5. The van der Waals surface area contributed by atoms with Crippen molar-refractivity contribution < 1.29 is 4.74 Å². The van der Waals surface area contributed by atoms with Crippen LogP contribution in [0, 0.1) is 0 Å². The molecule has 0 rings (SSSR count). The third kappa shape index (κ3) is 9.90. The standard InChI is InChI=1S/C10H23N3OS/c1-4-13(2)8-7-12-10(15)11-6-5-9-14-3/h4-9H2,1-3H3,(H2,11,12,15). The van der Waals surface area contributed by atoms with Crippen LogP contribution in [0.2, 0.25) is 0 Å². The first-order chi connectivity index (χ1) is 7.20. The van der Waals surface area contributed by atoms with Crippen LogP contribution in [0.1, 0.15) is 13.3 Å². The molecule has 0 radical (unpaired) electrons. The van der Waals surface area contributed by atoms with Crippen molar-refractivity contribution >= 4 is 17.3 Å². The SMILES string of the molecule is CCN(C)CCNC(=S)NCCCOC. The number of methoxy groups -OCH3 is 1. The summed E-state index contributed by atoms with van der Waals surface area (Å²) in [6, 6.07) is 0. The van der Waals surface area contributed by atoms with Crippen LogP contribution in [-0.2, 0) is 4.74 Å². The van der Waals surface area contributed by atoms with Crippen molar-refractivity contribution in [1.82, 2.24) is 15.5 Å². The van der Waals surface area contributed by atoms with Gasteiger partial charge in [0, 0.05) is 33.4 Å².